The molecule has 2 heterocycles. The standard InChI is InChI=1S/C10H13BrClNOS/c1-13-9(6-2-3-14-5-6)8-4-7(11)10(12)15-8/h4,6,9,13H,2-3,5H2,1H3. The lowest BCUT2D eigenvalue weighted by molar-refractivity contribution is 0.178. The van der Waals surface area contributed by atoms with Gasteiger partial charge in [0.2, 0.25) is 0 Å². The van der Waals surface area contributed by atoms with Gasteiger partial charge in [0.15, 0.2) is 0 Å². The molecule has 0 spiro atoms. The van der Waals surface area contributed by atoms with E-state index in [4.69, 9.17) is 16.3 Å². The summed E-state index contributed by atoms with van der Waals surface area (Å²) in [5.41, 5.74) is 0. The first-order valence-electron chi connectivity index (χ1n) is 4.92. The molecule has 1 fully saturated rings. The van der Waals surface area contributed by atoms with Crippen molar-refractivity contribution >= 4 is 38.9 Å². The van der Waals surface area contributed by atoms with Crippen molar-refractivity contribution in [2.24, 2.45) is 5.92 Å². The minimum absolute atomic E-state index is 0.362. The average molecular weight is 311 g/mol. The van der Waals surface area contributed by atoms with E-state index in [0.29, 0.717) is 12.0 Å². The Kier molecular flexibility index (Phi) is 4.07. The summed E-state index contributed by atoms with van der Waals surface area (Å²) in [7, 11) is 1.99. The average Bonchev–Trinajstić information content (AvgIpc) is 2.80. The van der Waals surface area contributed by atoms with Crippen LogP contribution in [0.3, 0.4) is 0 Å². The lowest BCUT2D eigenvalue weighted by Crippen LogP contribution is -2.24. The molecule has 1 aromatic rings. The fourth-order valence-electron chi connectivity index (χ4n) is 1.94. The molecular formula is C10H13BrClNOS. The third kappa shape index (κ3) is 2.56. The number of hydrogen-bond acceptors (Lipinski definition) is 3. The van der Waals surface area contributed by atoms with Crippen molar-refractivity contribution in [3.05, 3.63) is 19.8 Å². The molecule has 2 atom stereocenters. The number of halogens is 2. The first-order valence-corrected chi connectivity index (χ1v) is 6.91. The van der Waals surface area contributed by atoms with E-state index in [0.717, 1.165) is 28.4 Å². The zero-order valence-electron chi connectivity index (χ0n) is 8.43. The number of nitrogens with one attached hydrogen (secondary N) is 1. The quantitative estimate of drug-likeness (QED) is 0.923. The van der Waals surface area contributed by atoms with Gasteiger partial charge in [-0.25, -0.2) is 0 Å². The van der Waals surface area contributed by atoms with Crippen molar-refractivity contribution in [2.75, 3.05) is 20.3 Å². The Labute approximate surface area is 107 Å². The monoisotopic (exact) mass is 309 g/mol. The molecule has 1 aromatic heterocycles. The molecule has 5 heteroatoms. The van der Waals surface area contributed by atoms with Crippen LogP contribution in [-0.4, -0.2) is 20.3 Å². The molecule has 1 aliphatic heterocycles. The summed E-state index contributed by atoms with van der Waals surface area (Å²) >= 11 is 11.1. The first kappa shape index (κ1) is 11.9. The molecule has 2 rings (SSSR count). The Morgan fingerprint density at radius 2 is 2.53 bits per heavy atom. The minimum atomic E-state index is 0.362. The first-order chi connectivity index (χ1) is 7.22. The smallest absolute Gasteiger partial charge is 0.107 e. The van der Waals surface area contributed by atoms with Crippen LogP contribution < -0.4 is 5.32 Å². The third-order valence-corrected chi connectivity index (χ3v) is 5.28. The second-order valence-electron chi connectivity index (χ2n) is 3.66. The maximum absolute atomic E-state index is 6.05. The van der Waals surface area contributed by atoms with Crippen LogP contribution >= 0.6 is 38.9 Å². The van der Waals surface area contributed by atoms with Gasteiger partial charge in [-0.15, -0.1) is 11.3 Å². The van der Waals surface area contributed by atoms with Gasteiger partial charge in [0, 0.05) is 27.9 Å². The highest BCUT2D eigenvalue weighted by molar-refractivity contribution is 9.10. The molecule has 2 nitrogen and oxygen atoms in total. The van der Waals surface area contributed by atoms with Crippen molar-refractivity contribution in [3.63, 3.8) is 0 Å². The molecule has 15 heavy (non-hydrogen) atoms. The fourth-order valence-corrected chi connectivity index (χ4v) is 3.88. The van der Waals surface area contributed by atoms with E-state index in [1.165, 1.54) is 4.88 Å². The van der Waals surface area contributed by atoms with Crippen molar-refractivity contribution in [1.82, 2.24) is 5.32 Å². The molecule has 0 aromatic carbocycles. The van der Waals surface area contributed by atoms with Gasteiger partial charge in [-0.2, -0.15) is 0 Å². The summed E-state index contributed by atoms with van der Waals surface area (Å²) in [5, 5.41) is 3.35. The molecule has 2 unspecified atom stereocenters. The maximum atomic E-state index is 6.05. The van der Waals surface area contributed by atoms with Crippen LogP contribution in [0.15, 0.2) is 10.5 Å². The Balaban J connectivity index is 2.18. The summed E-state index contributed by atoms with van der Waals surface area (Å²) < 4.78 is 7.23. The van der Waals surface area contributed by atoms with Gasteiger partial charge >= 0.3 is 0 Å². The molecule has 0 aliphatic carbocycles. The summed E-state index contributed by atoms with van der Waals surface area (Å²) in [4.78, 5) is 1.28. The molecule has 0 amide bonds. The number of thiophene rings is 1. The van der Waals surface area contributed by atoms with Crippen LogP contribution in [0, 0.1) is 5.92 Å². The summed E-state index contributed by atoms with van der Waals surface area (Å²) in [6.07, 6.45) is 1.12. The largest absolute Gasteiger partial charge is 0.381 e. The summed E-state index contributed by atoms with van der Waals surface area (Å²) in [6, 6.07) is 2.47. The summed E-state index contributed by atoms with van der Waals surface area (Å²) in [6.45, 7) is 1.72. The van der Waals surface area contributed by atoms with E-state index in [1.54, 1.807) is 11.3 Å². The number of rotatable bonds is 3. The lowest BCUT2D eigenvalue weighted by Gasteiger charge is -2.20. The molecule has 84 valence electrons. The Bertz CT molecular complexity index is 319. The Morgan fingerprint density at radius 3 is 3.00 bits per heavy atom. The highest BCUT2D eigenvalue weighted by Gasteiger charge is 2.27. The van der Waals surface area contributed by atoms with E-state index in [-0.39, 0.29) is 0 Å². The van der Waals surface area contributed by atoms with Gasteiger partial charge < -0.3 is 10.1 Å². The van der Waals surface area contributed by atoms with Crippen LogP contribution in [0.4, 0.5) is 0 Å². The van der Waals surface area contributed by atoms with Gasteiger partial charge in [0.05, 0.1) is 6.61 Å². The van der Waals surface area contributed by atoms with Crippen LogP contribution in [0.1, 0.15) is 17.3 Å². The van der Waals surface area contributed by atoms with Crippen LogP contribution in [-0.2, 0) is 4.74 Å². The minimum Gasteiger partial charge on any atom is -0.381 e. The van der Waals surface area contributed by atoms with Crippen molar-refractivity contribution in [1.29, 1.82) is 0 Å². The maximum Gasteiger partial charge on any atom is 0.107 e. The summed E-state index contributed by atoms with van der Waals surface area (Å²) in [5.74, 6) is 0.566. The highest BCUT2D eigenvalue weighted by Crippen LogP contribution is 2.39. The van der Waals surface area contributed by atoms with E-state index in [2.05, 4.69) is 27.3 Å². The second kappa shape index (κ2) is 5.15. The molecule has 0 bridgehead atoms. The fraction of sp³-hybridized carbons (Fsp3) is 0.600. The number of ether oxygens (including phenoxy) is 1. The Morgan fingerprint density at radius 1 is 1.73 bits per heavy atom. The van der Waals surface area contributed by atoms with Gasteiger partial charge in [0.25, 0.3) is 0 Å². The normalized spacial score (nSPS) is 23.3. The third-order valence-electron chi connectivity index (χ3n) is 2.72. The van der Waals surface area contributed by atoms with Crippen LogP contribution in [0.5, 0.6) is 0 Å². The van der Waals surface area contributed by atoms with E-state index >= 15 is 0 Å². The zero-order valence-corrected chi connectivity index (χ0v) is 11.6. The van der Waals surface area contributed by atoms with Crippen molar-refractivity contribution in [3.8, 4) is 0 Å². The highest BCUT2D eigenvalue weighted by atomic mass is 79.9. The molecule has 1 saturated heterocycles. The zero-order chi connectivity index (χ0) is 10.8. The molecule has 1 aliphatic rings. The predicted molar refractivity (Wildman–Crippen MR) is 67.8 cm³/mol. The topological polar surface area (TPSA) is 21.3 Å². The number of hydrogen-bond donors (Lipinski definition) is 1. The molecular weight excluding hydrogens is 298 g/mol. The van der Waals surface area contributed by atoms with Gasteiger partial charge in [-0.3, -0.25) is 0 Å². The van der Waals surface area contributed by atoms with E-state index < -0.39 is 0 Å². The van der Waals surface area contributed by atoms with Crippen LogP contribution in [0.2, 0.25) is 4.34 Å². The molecule has 1 N–H and O–H groups in total. The molecule has 0 saturated carbocycles. The second-order valence-corrected chi connectivity index (χ2v) is 6.20. The van der Waals surface area contributed by atoms with Gasteiger partial charge in [-0.05, 0) is 35.5 Å². The SMILES string of the molecule is CNC(c1cc(Br)c(Cl)s1)C1CCOC1. The van der Waals surface area contributed by atoms with E-state index in [1.807, 2.05) is 7.05 Å². The van der Waals surface area contributed by atoms with Crippen LogP contribution in [0.25, 0.3) is 0 Å². The van der Waals surface area contributed by atoms with Gasteiger partial charge in [-0.1, -0.05) is 11.6 Å². The lowest BCUT2D eigenvalue weighted by atomic mass is 9.98. The molecule has 0 radical (unpaired) electrons. The van der Waals surface area contributed by atoms with Crippen molar-refractivity contribution < 1.29 is 4.74 Å². The van der Waals surface area contributed by atoms with E-state index in [9.17, 15) is 0 Å². The Hall–Kier alpha value is 0.390. The van der Waals surface area contributed by atoms with Gasteiger partial charge in [0.1, 0.15) is 4.34 Å². The predicted octanol–water partition coefficient (Wildman–Crippen LogP) is 3.46. The van der Waals surface area contributed by atoms with Crippen molar-refractivity contribution in [2.45, 2.75) is 12.5 Å².